The van der Waals surface area contributed by atoms with Crippen molar-refractivity contribution in [1.82, 2.24) is 15.3 Å². The Morgan fingerprint density at radius 1 is 0.889 bits per heavy atom. The van der Waals surface area contributed by atoms with Gasteiger partial charge in [-0.3, -0.25) is 0 Å². The van der Waals surface area contributed by atoms with E-state index in [2.05, 4.69) is 52.8 Å². The highest BCUT2D eigenvalue weighted by atomic mass is 35.5. The largest absolute Gasteiger partial charge is 0.317 e. The van der Waals surface area contributed by atoms with Gasteiger partial charge in [-0.2, -0.15) is 0 Å². The molecule has 1 N–H and O–H groups in total. The van der Waals surface area contributed by atoms with Gasteiger partial charge in [0, 0.05) is 23.1 Å². The summed E-state index contributed by atoms with van der Waals surface area (Å²) < 4.78 is 0. The Kier molecular flexibility index (Phi) is 5.51. The molecule has 0 amide bonds. The highest BCUT2D eigenvalue weighted by Crippen LogP contribution is 2.42. The molecule has 138 valence electrons. The third-order valence-electron chi connectivity index (χ3n) is 5.52. The zero-order valence-corrected chi connectivity index (χ0v) is 16.1. The Hall–Kier alpha value is -2.23. The molecule has 1 saturated heterocycles. The van der Waals surface area contributed by atoms with E-state index in [-0.39, 0.29) is 5.41 Å². The van der Waals surface area contributed by atoms with Crippen LogP contribution in [-0.2, 0) is 18.3 Å². The molecule has 1 aromatic heterocycles. The standard InChI is InChI=1S/C23H24ClN3/c24-20-9-5-4-8-19(20)23(13-16-25-17-14-23)21-12-15-26-22(27-21)11-10-18-6-2-1-3-7-18/h1-9,12,15,25H,10-11,13-14,16-17H2. The number of rotatable bonds is 5. The second-order valence-corrected chi connectivity index (χ2v) is 7.56. The van der Waals surface area contributed by atoms with Crippen LogP contribution in [0.3, 0.4) is 0 Å². The molecule has 0 saturated carbocycles. The fourth-order valence-electron chi connectivity index (χ4n) is 4.05. The van der Waals surface area contributed by atoms with Crippen LogP contribution in [0.2, 0.25) is 5.02 Å². The summed E-state index contributed by atoms with van der Waals surface area (Å²) in [5.41, 5.74) is 3.44. The Bertz CT molecular complexity index is 889. The molecule has 27 heavy (non-hydrogen) atoms. The minimum Gasteiger partial charge on any atom is -0.317 e. The molecular formula is C23H24ClN3. The van der Waals surface area contributed by atoms with Gasteiger partial charge >= 0.3 is 0 Å². The molecule has 0 unspecified atom stereocenters. The fourth-order valence-corrected chi connectivity index (χ4v) is 4.37. The van der Waals surface area contributed by atoms with Crippen molar-refractivity contribution in [2.45, 2.75) is 31.1 Å². The van der Waals surface area contributed by atoms with E-state index in [1.807, 2.05) is 24.4 Å². The summed E-state index contributed by atoms with van der Waals surface area (Å²) >= 11 is 6.61. The van der Waals surface area contributed by atoms with Gasteiger partial charge in [-0.25, -0.2) is 9.97 Å². The third kappa shape index (κ3) is 3.90. The van der Waals surface area contributed by atoms with Gasteiger partial charge in [0.25, 0.3) is 0 Å². The number of benzene rings is 2. The van der Waals surface area contributed by atoms with Gasteiger partial charge < -0.3 is 5.32 Å². The fraction of sp³-hybridized carbons (Fsp3) is 0.304. The molecule has 0 aliphatic carbocycles. The lowest BCUT2D eigenvalue weighted by atomic mass is 9.70. The summed E-state index contributed by atoms with van der Waals surface area (Å²) in [6, 6.07) is 20.8. The van der Waals surface area contributed by atoms with Crippen molar-refractivity contribution in [3.63, 3.8) is 0 Å². The number of piperidine rings is 1. The summed E-state index contributed by atoms with van der Waals surface area (Å²) in [6.45, 7) is 1.93. The van der Waals surface area contributed by atoms with Gasteiger partial charge in [-0.15, -0.1) is 0 Å². The van der Waals surface area contributed by atoms with Crippen LogP contribution in [0, 0.1) is 0 Å². The molecule has 0 atom stereocenters. The van der Waals surface area contributed by atoms with Crippen molar-refractivity contribution in [3.8, 4) is 0 Å². The summed E-state index contributed by atoms with van der Waals surface area (Å²) in [7, 11) is 0. The number of nitrogens with one attached hydrogen (secondary N) is 1. The Morgan fingerprint density at radius 3 is 2.41 bits per heavy atom. The summed E-state index contributed by atoms with van der Waals surface area (Å²) in [4.78, 5) is 9.54. The summed E-state index contributed by atoms with van der Waals surface area (Å²) in [6.07, 6.45) is 5.68. The molecule has 2 heterocycles. The van der Waals surface area contributed by atoms with E-state index in [1.54, 1.807) is 0 Å². The number of halogens is 1. The Balaban J connectivity index is 1.66. The second-order valence-electron chi connectivity index (χ2n) is 7.16. The van der Waals surface area contributed by atoms with Crippen LogP contribution in [0.5, 0.6) is 0 Å². The second kappa shape index (κ2) is 8.20. The molecule has 3 aromatic rings. The number of hydrogen-bond acceptors (Lipinski definition) is 3. The van der Waals surface area contributed by atoms with Crippen molar-refractivity contribution in [2.75, 3.05) is 13.1 Å². The van der Waals surface area contributed by atoms with Crippen molar-refractivity contribution < 1.29 is 0 Å². The maximum Gasteiger partial charge on any atom is 0.128 e. The first-order valence-corrected chi connectivity index (χ1v) is 9.98. The first-order valence-electron chi connectivity index (χ1n) is 9.60. The van der Waals surface area contributed by atoms with Crippen molar-refractivity contribution in [3.05, 3.63) is 94.5 Å². The molecule has 0 spiro atoms. The maximum absolute atomic E-state index is 6.61. The van der Waals surface area contributed by atoms with Gasteiger partial charge in [0.15, 0.2) is 0 Å². The zero-order valence-electron chi connectivity index (χ0n) is 15.4. The average molecular weight is 378 g/mol. The van der Waals surface area contributed by atoms with E-state index in [1.165, 1.54) is 11.1 Å². The van der Waals surface area contributed by atoms with E-state index in [0.29, 0.717) is 0 Å². The van der Waals surface area contributed by atoms with Crippen molar-refractivity contribution >= 4 is 11.6 Å². The molecule has 0 radical (unpaired) electrons. The first-order chi connectivity index (χ1) is 13.3. The summed E-state index contributed by atoms with van der Waals surface area (Å²) in [5, 5.41) is 4.30. The lowest BCUT2D eigenvalue weighted by molar-refractivity contribution is 0.353. The third-order valence-corrected chi connectivity index (χ3v) is 5.85. The quantitative estimate of drug-likeness (QED) is 0.706. The Morgan fingerprint density at radius 2 is 1.63 bits per heavy atom. The zero-order chi connectivity index (χ0) is 18.5. The van der Waals surface area contributed by atoms with Crippen LogP contribution in [0.25, 0.3) is 0 Å². The van der Waals surface area contributed by atoms with E-state index in [4.69, 9.17) is 16.6 Å². The monoisotopic (exact) mass is 377 g/mol. The van der Waals surface area contributed by atoms with Crippen LogP contribution in [-0.4, -0.2) is 23.1 Å². The summed E-state index contributed by atoms with van der Waals surface area (Å²) in [5.74, 6) is 0.904. The predicted octanol–water partition coefficient (Wildman–Crippen LogP) is 4.58. The smallest absolute Gasteiger partial charge is 0.128 e. The molecule has 4 heteroatoms. The van der Waals surface area contributed by atoms with Gasteiger partial charge in [-0.05, 0) is 55.6 Å². The Labute approximate surface area is 165 Å². The predicted molar refractivity (Wildman–Crippen MR) is 110 cm³/mol. The number of aromatic nitrogens is 2. The lowest BCUT2D eigenvalue weighted by Gasteiger charge is -2.38. The van der Waals surface area contributed by atoms with E-state index in [9.17, 15) is 0 Å². The molecule has 0 bridgehead atoms. The SMILES string of the molecule is Clc1ccccc1C1(c2ccnc(CCc3ccccc3)n2)CCNCC1. The molecule has 4 rings (SSSR count). The average Bonchev–Trinajstić information content (AvgIpc) is 2.74. The number of nitrogens with zero attached hydrogens (tertiary/aromatic N) is 2. The minimum atomic E-state index is -0.145. The van der Waals surface area contributed by atoms with Crippen LogP contribution in [0.15, 0.2) is 66.9 Å². The molecule has 2 aromatic carbocycles. The van der Waals surface area contributed by atoms with E-state index >= 15 is 0 Å². The van der Waals surface area contributed by atoms with Crippen LogP contribution >= 0.6 is 11.6 Å². The van der Waals surface area contributed by atoms with Crippen molar-refractivity contribution in [2.24, 2.45) is 0 Å². The molecule has 3 nitrogen and oxygen atoms in total. The normalized spacial score (nSPS) is 16.2. The van der Waals surface area contributed by atoms with Crippen molar-refractivity contribution in [1.29, 1.82) is 0 Å². The molecule has 1 aliphatic rings. The van der Waals surface area contributed by atoms with Gasteiger partial charge in [0.2, 0.25) is 0 Å². The van der Waals surface area contributed by atoms with E-state index < -0.39 is 0 Å². The molecule has 1 fully saturated rings. The highest BCUT2D eigenvalue weighted by molar-refractivity contribution is 6.31. The minimum absolute atomic E-state index is 0.145. The number of aryl methyl sites for hydroxylation is 2. The topological polar surface area (TPSA) is 37.8 Å². The highest BCUT2D eigenvalue weighted by Gasteiger charge is 2.38. The first kappa shape index (κ1) is 18.1. The van der Waals surface area contributed by atoms with Crippen LogP contribution in [0.4, 0.5) is 0 Å². The van der Waals surface area contributed by atoms with Gasteiger partial charge in [0.05, 0.1) is 5.69 Å². The lowest BCUT2D eigenvalue weighted by Crippen LogP contribution is -2.41. The van der Waals surface area contributed by atoms with Gasteiger partial charge in [-0.1, -0.05) is 60.1 Å². The molecular weight excluding hydrogens is 354 g/mol. The van der Waals surface area contributed by atoms with E-state index in [0.717, 1.165) is 55.3 Å². The van der Waals surface area contributed by atoms with Crippen LogP contribution < -0.4 is 5.32 Å². The molecule has 1 aliphatic heterocycles. The maximum atomic E-state index is 6.61. The van der Waals surface area contributed by atoms with Gasteiger partial charge in [0.1, 0.15) is 5.82 Å². The number of hydrogen-bond donors (Lipinski definition) is 1. The van der Waals surface area contributed by atoms with Crippen LogP contribution in [0.1, 0.15) is 35.5 Å².